The van der Waals surface area contributed by atoms with Crippen molar-refractivity contribution in [2.24, 2.45) is 0 Å². The minimum Gasteiger partial charge on any atom is -0.485 e. The molecule has 1 fully saturated rings. The number of nitrogens with zero attached hydrogens (tertiary/aromatic N) is 2. The van der Waals surface area contributed by atoms with Crippen molar-refractivity contribution in [3.8, 4) is 11.5 Å². The molecule has 1 N–H and O–H groups in total. The Morgan fingerprint density at radius 1 is 1.00 bits per heavy atom. The Balaban J connectivity index is 1.21. The molecule has 0 unspecified atom stereocenters. The van der Waals surface area contributed by atoms with Crippen LogP contribution < -0.4 is 14.8 Å². The second-order valence-electron chi connectivity index (χ2n) is 7.33. The Labute approximate surface area is 180 Å². The fourth-order valence-electron chi connectivity index (χ4n) is 3.57. The van der Waals surface area contributed by atoms with E-state index in [1.54, 1.807) is 17.0 Å². The van der Waals surface area contributed by atoms with Crippen LogP contribution >= 0.6 is 11.6 Å². The quantitative estimate of drug-likeness (QED) is 0.786. The molecule has 4 rings (SSSR count). The average Bonchev–Trinajstić information content (AvgIpc) is 2.78. The van der Waals surface area contributed by atoms with Gasteiger partial charge in [-0.15, -0.1) is 0 Å². The lowest BCUT2D eigenvalue weighted by Gasteiger charge is -2.36. The van der Waals surface area contributed by atoms with E-state index < -0.39 is 6.10 Å². The van der Waals surface area contributed by atoms with Crippen molar-refractivity contribution in [1.29, 1.82) is 0 Å². The first-order chi connectivity index (χ1) is 14.6. The third-order valence-electron chi connectivity index (χ3n) is 5.27. The van der Waals surface area contributed by atoms with Crippen LogP contribution in [0.2, 0.25) is 5.02 Å². The highest BCUT2D eigenvalue weighted by atomic mass is 35.5. The Morgan fingerprint density at radius 2 is 1.70 bits per heavy atom. The standard InChI is InChI=1S/C22H24ClN3O4/c23-17-6-2-1-5-16(17)13-24-21(27)14-25-9-11-26(12-10-25)22(28)20-15-29-18-7-3-4-8-19(18)30-20/h1-8,20H,9-15H2,(H,24,27)/t20-/m0/s1. The number of carbonyl (C=O) groups is 2. The van der Waals surface area contributed by atoms with E-state index in [4.69, 9.17) is 21.1 Å². The number of piperazine rings is 1. The lowest BCUT2D eigenvalue weighted by molar-refractivity contribution is -0.143. The van der Waals surface area contributed by atoms with Gasteiger partial charge in [0.2, 0.25) is 12.0 Å². The number of hydrogen-bond donors (Lipinski definition) is 1. The molecule has 0 spiro atoms. The van der Waals surface area contributed by atoms with Crippen LogP contribution in [0.15, 0.2) is 48.5 Å². The predicted molar refractivity (Wildman–Crippen MR) is 113 cm³/mol. The number of benzene rings is 2. The molecular weight excluding hydrogens is 406 g/mol. The number of carbonyl (C=O) groups excluding carboxylic acids is 2. The van der Waals surface area contributed by atoms with E-state index in [0.29, 0.717) is 55.8 Å². The lowest BCUT2D eigenvalue weighted by atomic mass is 10.2. The molecule has 0 aliphatic carbocycles. The molecule has 8 heteroatoms. The van der Waals surface area contributed by atoms with Crippen LogP contribution in [0.4, 0.5) is 0 Å². The van der Waals surface area contributed by atoms with E-state index in [1.165, 1.54) is 0 Å². The maximum atomic E-state index is 12.8. The average molecular weight is 430 g/mol. The van der Waals surface area contributed by atoms with Crippen molar-refractivity contribution in [3.05, 3.63) is 59.1 Å². The molecule has 1 saturated heterocycles. The molecule has 2 aromatic carbocycles. The van der Waals surface area contributed by atoms with E-state index in [1.807, 2.05) is 41.3 Å². The zero-order valence-corrected chi connectivity index (χ0v) is 17.3. The van der Waals surface area contributed by atoms with Crippen LogP contribution in [0.1, 0.15) is 5.56 Å². The maximum Gasteiger partial charge on any atom is 0.267 e. The number of hydrogen-bond acceptors (Lipinski definition) is 5. The minimum absolute atomic E-state index is 0.0599. The number of para-hydroxylation sites is 2. The molecule has 0 aromatic heterocycles. The van der Waals surface area contributed by atoms with Gasteiger partial charge in [-0.2, -0.15) is 0 Å². The van der Waals surface area contributed by atoms with Crippen molar-refractivity contribution >= 4 is 23.4 Å². The molecular formula is C22H24ClN3O4. The Hall–Kier alpha value is -2.77. The molecule has 7 nitrogen and oxygen atoms in total. The molecule has 0 bridgehead atoms. The molecule has 2 heterocycles. The van der Waals surface area contributed by atoms with Gasteiger partial charge in [-0.1, -0.05) is 41.9 Å². The van der Waals surface area contributed by atoms with E-state index in [2.05, 4.69) is 5.32 Å². The molecule has 1 atom stereocenters. The first kappa shape index (κ1) is 20.5. The second-order valence-corrected chi connectivity index (χ2v) is 7.74. The smallest absolute Gasteiger partial charge is 0.267 e. The number of ether oxygens (including phenoxy) is 2. The summed E-state index contributed by atoms with van der Waals surface area (Å²) in [5.74, 6) is 1.12. The molecule has 30 heavy (non-hydrogen) atoms. The van der Waals surface area contributed by atoms with Crippen molar-refractivity contribution in [3.63, 3.8) is 0 Å². The maximum absolute atomic E-state index is 12.8. The SMILES string of the molecule is O=C(CN1CCN(C(=O)[C@@H]2COc3ccccc3O2)CC1)NCc1ccccc1Cl. The van der Waals surface area contributed by atoms with Crippen molar-refractivity contribution < 1.29 is 19.1 Å². The summed E-state index contributed by atoms with van der Waals surface area (Å²) in [5, 5.41) is 3.54. The minimum atomic E-state index is -0.634. The number of amides is 2. The molecule has 0 saturated carbocycles. The normalized spacial score (nSPS) is 18.7. The van der Waals surface area contributed by atoms with Crippen LogP contribution in [-0.2, 0) is 16.1 Å². The third kappa shape index (κ3) is 4.86. The molecule has 0 radical (unpaired) electrons. The number of rotatable bonds is 5. The fraction of sp³-hybridized carbons (Fsp3) is 0.364. The summed E-state index contributed by atoms with van der Waals surface area (Å²) >= 11 is 6.12. The highest BCUT2D eigenvalue weighted by Crippen LogP contribution is 2.31. The Bertz CT molecular complexity index is 915. The summed E-state index contributed by atoms with van der Waals surface area (Å²) < 4.78 is 11.5. The first-order valence-corrected chi connectivity index (χ1v) is 10.4. The van der Waals surface area contributed by atoms with Crippen LogP contribution in [0.3, 0.4) is 0 Å². The van der Waals surface area contributed by atoms with Gasteiger partial charge in [-0.3, -0.25) is 14.5 Å². The Kier molecular flexibility index (Phi) is 6.40. The summed E-state index contributed by atoms with van der Waals surface area (Å²) in [7, 11) is 0. The van der Waals surface area contributed by atoms with E-state index in [-0.39, 0.29) is 18.4 Å². The molecule has 2 aliphatic rings. The zero-order chi connectivity index (χ0) is 20.9. The zero-order valence-electron chi connectivity index (χ0n) is 16.6. The van der Waals surface area contributed by atoms with Crippen molar-refractivity contribution in [1.82, 2.24) is 15.1 Å². The third-order valence-corrected chi connectivity index (χ3v) is 5.64. The van der Waals surface area contributed by atoms with Gasteiger partial charge in [0.1, 0.15) is 6.61 Å². The van der Waals surface area contributed by atoms with Gasteiger partial charge in [0, 0.05) is 37.7 Å². The summed E-state index contributed by atoms with van der Waals surface area (Å²) in [6.07, 6.45) is -0.634. The number of nitrogens with one attached hydrogen (secondary N) is 1. The number of fused-ring (bicyclic) bond motifs is 1. The van der Waals surface area contributed by atoms with Gasteiger partial charge >= 0.3 is 0 Å². The second kappa shape index (κ2) is 9.36. The molecule has 2 amide bonds. The van der Waals surface area contributed by atoms with Crippen molar-refractivity contribution in [2.45, 2.75) is 12.6 Å². The Morgan fingerprint density at radius 3 is 2.47 bits per heavy atom. The highest BCUT2D eigenvalue weighted by molar-refractivity contribution is 6.31. The van der Waals surface area contributed by atoms with E-state index in [9.17, 15) is 9.59 Å². The largest absolute Gasteiger partial charge is 0.485 e. The lowest BCUT2D eigenvalue weighted by Crippen LogP contribution is -2.55. The van der Waals surface area contributed by atoms with Gasteiger partial charge in [0.25, 0.3) is 5.91 Å². The topological polar surface area (TPSA) is 71.1 Å². The van der Waals surface area contributed by atoms with Crippen molar-refractivity contribution in [2.75, 3.05) is 39.3 Å². The summed E-state index contributed by atoms with van der Waals surface area (Å²) in [6, 6.07) is 14.8. The summed E-state index contributed by atoms with van der Waals surface area (Å²) in [4.78, 5) is 28.9. The monoisotopic (exact) mass is 429 g/mol. The van der Waals surface area contributed by atoms with E-state index >= 15 is 0 Å². The van der Waals surface area contributed by atoms with Gasteiger partial charge in [-0.05, 0) is 23.8 Å². The fourth-order valence-corrected chi connectivity index (χ4v) is 3.77. The summed E-state index contributed by atoms with van der Waals surface area (Å²) in [5.41, 5.74) is 0.888. The number of halogens is 1. The predicted octanol–water partition coefficient (Wildman–Crippen LogP) is 1.94. The molecule has 2 aromatic rings. The van der Waals surface area contributed by atoms with Crippen LogP contribution in [0, 0.1) is 0 Å². The van der Waals surface area contributed by atoms with Crippen LogP contribution in [-0.4, -0.2) is 67.0 Å². The first-order valence-electron chi connectivity index (χ1n) is 10.00. The molecule has 2 aliphatic heterocycles. The van der Waals surface area contributed by atoms with Gasteiger partial charge < -0.3 is 19.7 Å². The summed E-state index contributed by atoms with van der Waals surface area (Å²) in [6.45, 7) is 3.28. The highest BCUT2D eigenvalue weighted by Gasteiger charge is 2.32. The van der Waals surface area contributed by atoms with Gasteiger partial charge in [-0.25, -0.2) is 0 Å². The van der Waals surface area contributed by atoms with Crippen LogP contribution in [0.25, 0.3) is 0 Å². The van der Waals surface area contributed by atoms with Crippen LogP contribution in [0.5, 0.6) is 11.5 Å². The van der Waals surface area contributed by atoms with Gasteiger partial charge in [0.15, 0.2) is 11.5 Å². The van der Waals surface area contributed by atoms with E-state index in [0.717, 1.165) is 5.56 Å². The molecule has 158 valence electrons. The van der Waals surface area contributed by atoms with Gasteiger partial charge in [0.05, 0.1) is 6.54 Å².